The number of hydrogen-bond donors (Lipinski definition) is 1. The standard InChI is InChI=1S/C12H21OS/c1-11(2,3)9-7-14(13)8-10(9)12(4,5)6/h7-8,13H,1-6H3/q+1. The molecule has 1 heterocycles. The molecule has 1 N–H and O–H groups in total. The molecule has 0 radical (unpaired) electrons. The van der Waals surface area contributed by atoms with Crippen LogP contribution >= 0.6 is 10.8 Å². The molecule has 0 aliphatic rings. The van der Waals surface area contributed by atoms with Gasteiger partial charge in [0.25, 0.3) is 0 Å². The minimum Gasteiger partial charge on any atom is -0.164 e. The Morgan fingerprint density at radius 1 is 0.857 bits per heavy atom. The van der Waals surface area contributed by atoms with Crippen LogP contribution in [0.2, 0.25) is 0 Å². The molecule has 0 amide bonds. The van der Waals surface area contributed by atoms with E-state index in [0.717, 1.165) is 0 Å². The fourth-order valence-electron chi connectivity index (χ4n) is 1.56. The first kappa shape index (κ1) is 11.7. The fraction of sp³-hybridized carbons (Fsp3) is 0.667. The highest BCUT2D eigenvalue weighted by molar-refractivity contribution is 7.22. The van der Waals surface area contributed by atoms with E-state index in [1.165, 1.54) is 11.1 Å². The molecule has 0 saturated carbocycles. The van der Waals surface area contributed by atoms with E-state index < -0.39 is 10.8 Å². The molecular weight excluding hydrogens is 192 g/mol. The molecule has 0 aliphatic heterocycles. The van der Waals surface area contributed by atoms with Crippen molar-refractivity contribution in [3.05, 3.63) is 21.9 Å². The van der Waals surface area contributed by atoms with Crippen LogP contribution in [0.5, 0.6) is 0 Å². The van der Waals surface area contributed by atoms with Crippen molar-refractivity contribution >= 4 is 10.8 Å². The van der Waals surface area contributed by atoms with Gasteiger partial charge in [0, 0.05) is 11.1 Å². The van der Waals surface area contributed by atoms with Crippen LogP contribution in [0.4, 0.5) is 0 Å². The van der Waals surface area contributed by atoms with Gasteiger partial charge < -0.3 is 0 Å². The van der Waals surface area contributed by atoms with Gasteiger partial charge in [-0.25, -0.2) is 0 Å². The molecule has 0 aromatic carbocycles. The molecule has 2 heteroatoms. The SMILES string of the molecule is CC(C)(C)c1c[s+](O)cc1C(C)(C)C. The van der Waals surface area contributed by atoms with E-state index in [1.807, 2.05) is 10.8 Å². The van der Waals surface area contributed by atoms with Gasteiger partial charge in [0.05, 0.1) is 0 Å². The van der Waals surface area contributed by atoms with Crippen molar-refractivity contribution in [3.8, 4) is 0 Å². The Hall–Kier alpha value is -0.340. The second kappa shape index (κ2) is 3.35. The molecule has 0 fully saturated rings. The van der Waals surface area contributed by atoms with Gasteiger partial charge in [-0.05, 0) is 10.8 Å². The molecule has 14 heavy (non-hydrogen) atoms. The van der Waals surface area contributed by atoms with E-state index in [0.29, 0.717) is 0 Å². The monoisotopic (exact) mass is 213 g/mol. The van der Waals surface area contributed by atoms with Crippen LogP contribution in [-0.2, 0) is 10.8 Å². The van der Waals surface area contributed by atoms with Crippen molar-refractivity contribution in [2.75, 3.05) is 0 Å². The van der Waals surface area contributed by atoms with Gasteiger partial charge in [0.15, 0.2) is 10.8 Å². The van der Waals surface area contributed by atoms with Gasteiger partial charge in [-0.1, -0.05) is 41.5 Å². The van der Waals surface area contributed by atoms with E-state index in [1.54, 1.807) is 0 Å². The predicted molar refractivity (Wildman–Crippen MR) is 63.7 cm³/mol. The molecular formula is C12H21OS+. The number of hydrogen-bond acceptors (Lipinski definition) is 1. The van der Waals surface area contributed by atoms with Crippen molar-refractivity contribution in [1.29, 1.82) is 0 Å². The third kappa shape index (κ3) is 2.37. The Morgan fingerprint density at radius 3 is 1.36 bits per heavy atom. The first-order valence-electron chi connectivity index (χ1n) is 4.98. The van der Waals surface area contributed by atoms with Crippen molar-refractivity contribution in [1.82, 2.24) is 0 Å². The maximum Gasteiger partial charge on any atom is 0.178 e. The van der Waals surface area contributed by atoms with Gasteiger partial charge in [0.2, 0.25) is 0 Å². The smallest absolute Gasteiger partial charge is 0.164 e. The van der Waals surface area contributed by atoms with E-state index in [4.69, 9.17) is 0 Å². The summed E-state index contributed by atoms with van der Waals surface area (Å²) < 4.78 is 9.67. The summed E-state index contributed by atoms with van der Waals surface area (Å²) in [6.45, 7) is 13.2. The molecule has 80 valence electrons. The van der Waals surface area contributed by atoms with Gasteiger partial charge in [-0.2, -0.15) is 4.55 Å². The molecule has 1 nitrogen and oxygen atoms in total. The summed E-state index contributed by atoms with van der Waals surface area (Å²) in [5.74, 6) is 0. The van der Waals surface area contributed by atoms with Gasteiger partial charge in [-0.15, -0.1) is 0 Å². The largest absolute Gasteiger partial charge is 0.178 e. The van der Waals surface area contributed by atoms with Gasteiger partial charge in [-0.3, -0.25) is 0 Å². The number of rotatable bonds is 0. The Labute approximate surface area is 90.0 Å². The molecule has 0 atom stereocenters. The molecule has 1 aromatic heterocycles. The van der Waals surface area contributed by atoms with Crippen molar-refractivity contribution < 1.29 is 4.55 Å². The predicted octanol–water partition coefficient (Wildman–Crippen LogP) is 4.17. The highest BCUT2D eigenvalue weighted by atomic mass is 32.2. The average Bonchev–Trinajstić information content (AvgIpc) is 2.27. The van der Waals surface area contributed by atoms with Crippen molar-refractivity contribution in [2.24, 2.45) is 0 Å². The summed E-state index contributed by atoms with van der Waals surface area (Å²) in [4.78, 5) is 0. The lowest BCUT2D eigenvalue weighted by molar-refractivity contribution is 0.534. The lowest BCUT2D eigenvalue weighted by Crippen LogP contribution is -2.19. The third-order valence-electron chi connectivity index (χ3n) is 2.38. The number of thiophene rings is 1. The average molecular weight is 213 g/mol. The maximum absolute atomic E-state index is 9.67. The summed E-state index contributed by atoms with van der Waals surface area (Å²) in [6.07, 6.45) is 0. The van der Waals surface area contributed by atoms with Crippen LogP contribution < -0.4 is 0 Å². The third-order valence-corrected chi connectivity index (χ3v) is 3.34. The summed E-state index contributed by atoms with van der Waals surface area (Å²) in [6, 6.07) is 0. The fourth-order valence-corrected chi connectivity index (χ4v) is 3.08. The van der Waals surface area contributed by atoms with E-state index in [9.17, 15) is 4.55 Å². The normalized spacial score (nSPS) is 13.4. The zero-order valence-electron chi connectivity index (χ0n) is 10.0. The molecule has 0 saturated heterocycles. The second-order valence-electron chi connectivity index (χ2n) is 5.91. The van der Waals surface area contributed by atoms with Crippen LogP contribution in [0.25, 0.3) is 0 Å². The molecule has 1 aromatic rings. The van der Waals surface area contributed by atoms with E-state index in [-0.39, 0.29) is 10.8 Å². The molecule has 0 unspecified atom stereocenters. The maximum atomic E-state index is 9.67. The zero-order valence-corrected chi connectivity index (χ0v) is 10.8. The van der Waals surface area contributed by atoms with E-state index >= 15 is 0 Å². The first-order valence-corrected chi connectivity index (χ1v) is 6.29. The summed E-state index contributed by atoms with van der Waals surface area (Å²) >= 11 is 0. The van der Waals surface area contributed by atoms with Crippen molar-refractivity contribution in [2.45, 2.75) is 52.4 Å². The van der Waals surface area contributed by atoms with Crippen LogP contribution in [0.15, 0.2) is 10.8 Å². The molecule has 0 aliphatic carbocycles. The quantitative estimate of drug-likeness (QED) is 0.641. The van der Waals surface area contributed by atoms with Gasteiger partial charge >= 0.3 is 0 Å². The Kier molecular flexibility index (Phi) is 2.81. The lowest BCUT2D eigenvalue weighted by atomic mass is 9.78. The van der Waals surface area contributed by atoms with Crippen molar-refractivity contribution in [3.63, 3.8) is 0 Å². The Morgan fingerprint density at radius 2 is 1.14 bits per heavy atom. The Balaban J connectivity index is 3.31. The van der Waals surface area contributed by atoms with Crippen LogP contribution in [-0.4, -0.2) is 4.55 Å². The molecule has 1 rings (SSSR count). The Bertz CT molecular complexity index is 292. The topological polar surface area (TPSA) is 20.2 Å². The highest BCUT2D eigenvalue weighted by Crippen LogP contribution is 2.38. The summed E-state index contributed by atoms with van der Waals surface area (Å²) in [5, 5.41) is 4.00. The highest BCUT2D eigenvalue weighted by Gasteiger charge is 2.31. The van der Waals surface area contributed by atoms with Crippen LogP contribution in [0.3, 0.4) is 0 Å². The first-order chi connectivity index (χ1) is 6.12. The molecule has 0 spiro atoms. The second-order valence-corrected chi connectivity index (χ2v) is 7.08. The van der Waals surface area contributed by atoms with Crippen LogP contribution in [0.1, 0.15) is 52.7 Å². The minimum absolute atomic E-state index is 0.129. The lowest BCUT2D eigenvalue weighted by Gasteiger charge is -2.24. The molecule has 0 bridgehead atoms. The zero-order chi connectivity index (χ0) is 11.1. The van der Waals surface area contributed by atoms with Gasteiger partial charge in [0.1, 0.15) is 10.8 Å². The summed E-state index contributed by atoms with van der Waals surface area (Å²) in [5.41, 5.74) is 2.86. The minimum atomic E-state index is -0.650. The summed E-state index contributed by atoms with van der Waals surface area (Å²) in [7, 11) is -0.650. The van der Waals surface area contributed by atoms with E-state index in [2.05, 4.69) is 41.5 Å². The van der Waals surface area contributed by atoms with Crippen LogP contribution in [0, 0.1) is 0 Å².